The molecule has 0 aliphatic heterocycles. The van der Waals surface area contributed by atoms with Gasteiger partial charge in [0.1, 0.15) is 11.5 Å². The van der Waals surface area contributed by atoms with Crippen molar-refractivity contribution < 1.29 is 22.7 Å². The van der Waals surface area contributed by atoms with E-state index in [0.29, 0.717) is 22.9 Å². The van der Waals surface area contributed by atoms with E-state index in [1.54, 1.807) is 23.9 Å². The van der Waals surface area contributed by atoms with Gasteiger partial charge in [0, 0.05) is 9.79 Å². The maximum Gasteiger partial charge on any atom is 0.262 e. The van der Waals surface area contributed by atoms with Crippen LogP contribution in [0.1, 0.15) is 0 Å². The quantitative estimate of drug-likeness (QED) is 0.238. The van der Waals surface area contributed by atoms with Crippen molar-refractivity contribution in [3.05, 3.63) is 102 Å². The number of rotatable bonds is 10. The lowest BCUT2D eigenvalue weighted by Crippen LogP contribution is -2.20. The lowest BCUT2D eigenvalue weighted by atomic mass is 10.3. The number of amides is 1. The third-order valence-electron chi connectivity index (χ3n) is 5.04. The first-order valence-electron chi connectivity index (χ1n) is 11.0. The van der Waals surface area contributed by atoms with Crippen molar-refractivity contribution in [1.29, 1.82) is 0 Å². The van der Waals surface area contributed by atoms with Crippen molar-refractivity contribution in [2.45, 2.75) is 14.7 Å². The molecule has 0 aliphatic carbocycles. The highest BCUT2D eigenvalue weighted by Gasteiger charge is 2.16. The lowest BCUT2D eigenvalue weighted by Gasteiger charge is -2.12. The van der Waals surface area contributed by atoms with E-state index in [4.69, 9.17) is 21.1 Å². The molecule has 0 bridgehead atoms. The molecule has 0 atom stereocenters. The Kier molecular flexibility index (Phi) is 8.60. The number of benzene rings is 4. The lowest BCUT2D eigenvalue weighted by molar-refractivity contribution is -0.118. The van der Waals surface area contributed by atoms with E-state index in [1.807, 2.05) is 54.6 Å². The van der Waals surface area contributed by atoms with Crippen molar-refractivity contribution in [2.24, 2.45) is 0 Å². The summed E-state index contributed by atoms with van der Waals surface area (Å²) in [6, 6.07) is 27.7. The predicted octanol–water partition coefficient (Wildman–Crippen LogP) is 6.32. The Morgan fingerprint density at radius 1 is 0.919 bits per heavy atom. The molecule has 37 heavy (non-hydrogen) atoms. The zero-order chi connectivity index (χ0) is 26.3. The Bertz CT molecular complexity index is 1480. The second kappa shape index (κ2) is 12.1. The van der Waals surface area contributed by atoms with Gasteiger partial charge in [-0.1, -0.05) is 53.7 Å². The number of halogens is 1. The van der Waals surface area contributed by atoms with Crippen LogP contribution < -0.4 is 19.5 Å². The van der Waals surface area contributed by atoms with Gasteiger partial charge in [0.2, 0.25) is 0 Å². The summed E-state index contributed by atoms with van der Waals surface area (Å²) in [7, 11) is -2.38. The largest absolute Gasteiger partial charge is 0.495 e. The van der Waals surface area contributed by atoms with Crippen molar-refractivity contribution in [2.75, 3.05) is 23.8 Å². The third-order valence-corrected chi connectivity index (χ3v) is 7.82. The molecular weight excluding hydrogens is 532 g/mol. The van der Waals surface area contributed by atoms with Gasteiger partial charge in [0.05, 0.1) is 28.4 Å². The Labute approximate surface area is 224 Å². The molecule has 0 spiro atoms. The molecular formula is C27H23ClN2O5S2. The first-order chi connectivity index (χ1) is 17.8. The number of carbonyl (C=O) groups excluding carboxylic acids is 1. The van der Waals surface area contributed by atoms with E-state index in [1.165, 1.54) is 37.4 Å². The molecule has 10 heteroatoms. The van der Waals surface area contributed by atoms with Gasteiger partial charge in [-0.25, -0.2) is 8.42 Å². The summed E-state index contributed by atoms with van der Waals surface area (Å²) >= 11 is 7.62. The van der Waals surface area contributed by atoms with Crippen LogP contribution in [0.25, 0.3) is 0 Å². The topological polar surface area (TPSA) is 93.7 Å². The van der Waals surface area contributed by atoms with Crippen LogP contribution >= 0.6 is 23.4 Å². The third kappa shape index (κ3) is 7.19. The second-order valence-electron chi connectivity index (χ2n) is 7.67. The predicted molar refractivity (Wildman–Crippen MR) is 146 cm³/mol. The molecule has 1 amide bonds. The Balaban J connectivity index is 1.34. The van der Waals surface area contributed by atoms with Crippen molar-refractivity contribution in [3.63, 3.8) is 0 Å². The van der Waals surface area contributed by atoms with Gasteiger partial charge in [0.25, 0.3) is 15.9 Å². The van der Waals surface area contributed by atoms with Crippen LogP contribution in [0, 0.1) is 0 Å². The zero-order valence-corrected chi connectivity index (χ0v) is 22.1. The molecule has 0 radical (unpaired) electrons. The van der Waals surface area contributed by atoms with Crippen LogP contribution in [0.3, 0.4) is 0 Å². The van der Waals surface area contributed by atoms with E-state index < -0.39 is 10.0 Å². The SMILES string of the molecule is COc1ccc(NS(=O)(=O)c2ccc(OCC(=O)Nc3ccccc3Sc3ccccc3)cc2)cc1Cl. The average molecular weight is 555 g/mol. The summed E-state index contributed by atoms with van der Waals surface area (Å²) in [5, 5.41) is 3.15. The highest BCUT2D eigenvalue weighted by molar-refractivity contribution is 7.99. The van der Waals surface area contributed by atoms with E-state index in [2.05, 4.69) is 10.0 Å². The maximum absolute atomic E-state index is 12.7. The van der Waals surface area contributed by atoms with Crippen LogP contribution in [-0.2, 0) is 14.8 Å². The number of methoxy groups -OCH3 is 1. The fourth-order valence-electron chi connectivity index (χ4n) is 3.27. The number of sulfonamides is 1. The molecule has 0 heterocycles. The monoisotopic (exact) mass is 554 g/mol. The molecule has 0 fully saturated rings. The molecule has 0 aromatic heterocycles. The average Bonchev–Trinajstić information content (AvgIpc) is 2.89. The number of hydrogen-bond donors (Lipinski definition) is 2. The second-order valence-corrected chi connectivity index (χ2v) is 10.9. The Morgan fingerprint density at radius 2 is 1.62 bits per heavy atom. The van der Waals surface area contributed by atoms with Gasteiger partial charge >= 0.3 is 0 Å². The highest BCUT2D eigenvalue weighted by Crippen LogP contribution is 2.33. The Hall–Kier alpha value is -3.66. The van der Waals surface area contributed by atoms with Crippen LogP contribution in [0.5, 0.6) is 11.5 Å². The fourth-order valence-corrected chi connectivity index (χ4v) is 5.50. The van der Waals surface area contributed by atoms with E-state index in [9.17, 15) is 13.2 Å². The van der Waals surface area contributed by atoms with Crippen LogP contribution in [0.4, 0.5) is 11.4 Å². The van der Waals surface area contributed by atoms with Crippen LogP contribution in [-0.4, -0.2) is 28.0 Å². The molecule has 2 N–H and O–H groups in total. The molecule has 0 saturated heterocycles. The summed E-state index contributed by atoms with van der Waals surface area (Å²) < 4.78 is 38.5. The van der Waals surface area contributed by atoms with Gasteiger partial charge < -0.3 is 14.8 Å². The zero-order valence-electron chi connectivity index (χ0n) is 19.7. The molecule has 7 nitrogen and oxygen atoms in total. The fraction of sp³-hybridized carbons (Fsp3) is 0.0741. The van der Waals surface area contributed by atoms with Gasteiger partial charge in [-0.3, -0.25) is 9.52 Å². The number of ether oxygens (including phenoxy) is 2. The highest BCUT2D eigenvalue weighted by atomic mass is 35.5. The first kappa shape index (κ1) is 26.4. The maximum atomic E-state index is 12.7. The Morgan fingerprint density at radius 3 is 2.32 bits per heavy atom. The minimum atomic E-state index is -3.86. The van der Waals surface area contributed by atoms with Crippen molar-refractivity contribution in [1.82, 2.24) is 0 Å². The van der Waals surface area contributed by atoms with Gasteiger partial charge in [-0.05, 0) is 66.7 Å². The summed E-state index contributed by atoms with van der Waals surface area (Å²) in [5.41, 5.74) is 0.976. The summed E-state index contributed by atoms with van der Waals surface area (Å²) in [4.78, 5) is 14.5. The summed E-state index contributed by atoms with van der Waals surface area (Å²) in [6.45, 7) is -0.237. The normalized spacial score (nSPS) is 11.0. The van der Waals surface area contributed by atoms with Gasteiger partial charge in [-0.15, -0.1) is 0 Å². The van der Waals surface area contributed by atoms with Gasteiger partial charge in [-0.2, -0.15) is 0 Å². The standard InChI is InChI=1S/C27H23ClN2O5S2/c1-34-25-16-11-19(17-23(25)28)30-37(32,33)22-14-12-20(13-15-22)35-18-27(31)29-24-9-5-6-10-26(24)36-21-7-3-2-4-8-21/h2-17,30H,18H2,1H3,(H,29,31). The minimum Gasteiger partial charge on any atom is -0.495 e. The van der Waals surface area contributed by atoms with E-state index >= 15 is 0 Å². The number of para-hydroxylation sites is 1. The smallest absolute Gasteiger partial charge is 0.262 e. The number of hydrogen-bond acceptors (Lipinski definition) is 6. The molecule has 0 aliphatic rings. The molecule has 0 saturated carbocycles. The molecule has 4 aromatic rings. The van der Waals surface area contributed by atoms with Crippen LogP contribution in [0.2, 0.25) is 5.02 Å². The van der Waals surface area contributed by atoms with E-state index in [0.717, 1.165) is 9.79 Å². The van der Waals surface area contributed by atoms with Crippen molar-refractivity contribution >= 4 is 50.7 Å². The molecule has 4 rings (SSSR count). The van der Waals surface area contributed by atoms with E-state index in [-0.39, 0.29) is 22.4 Å². The van der Waals surface area contributed by atoms with Gasteiger partial charge in [0.15, 0.2) is 6.61 Å². The molecule has 0 unspecified atom stereocenters. The molecule has 4 aromatic carbocycles. The summed E-state index contributed by atoms with van der Waals surface area (Å²) in [6.07, 6.45) is 0. The summed E-state index contributed by atoms with van der Waals surface area (Å²) in [5.74, 6) is 0.456. The van der Waals surface area contributed by atoms with Crippen molar-refractivity contribution in [3.8, 4) is 11.5 Å². The molecule has 190 valence electrons. The first-order valence-corrected chi connectivity index (χ1v) is 13.7. The van der Waals surface area contributed by atoms with Crippen LogP contribution in [0.15, 0.2) is 112 Å². The number of anilines is 2. The minimum absolute atomic E-state index is 0.0307. The number of carbonyl (C=O) groups is 1. The number of nitrogens with one attached hydrogen (secondary N) is 2.